The highest BCUT2D eigenvalue weighted by atomic mass is 15.3. The summed E-state index contributed by atoms with van der Waals surface area (Å²) in [4.78, 5) is 11.9. The first-order chi connectivity index (χ1) is 20.4. The summed E-state index contributed by atoms with van der Waals surface area (Å²) in [7, 11) is 1.96. The number of unbranched alkanes of at least 4 members (excludes halogenated alkanes) is 1. The van der Waals surface area contributed by atoms with Gasteiger partial charge < -0.3 is 21.3 Å². The second kappa shape index (κ2) is 15.0. The minimum absolute atomic E-state index is 0.330. The number of rotatable bonds is 10. The number of hydrogen-bond acceptors (Lipinski definition) is 6. The van der Waals surface area contributed by atoms with E-state index < -0.39 is 0 Å². The van der Waals surface area contributed by atoms with Crippen LogP contribution in [0.5, 0.6) is 0 Å². The van der Waals surface area contributed by atoms with Gasteiger partial charge in [-0.05, 0) is 73.9 Å². The standard InChI is InChI=1S/C22H37N5.C14H13N/c1-5-6-12-24-17(2)20-14-22(10-8-7-9-11-22)16-27(20)21-13-19(15-23-4)25-18(3)26-21;1-2-11-3-5-12(6-4-11)13-7-9-14(15)10-8-13/h13,20,23-24H,2,5-12,14-16H2,1,3-4H3;2-10H,1,15H2. The number of nitrogen functional groups attached to an aromatic ring is 1. The van der Waals surface area contributed by atoms with Crippen LogP contribution >= 0.6 is 0 Å². The third kappa shape index (κ3) is 8.22. The molecule has 1 unspecified atom stereocenters. The van der Waals surface area contributed by atoms with Gasteiger partial charge in [-0.3, -0.25) is 0 Å². The van der Waals surface area contributed by atoms with Gasteiger partial charge in [-0.2, -0.15) is 0 Å². The van der Waals surface area contributed by atoms with Gasteiger partial charge in [0.15, 0.2) is 0 Å². The van der Waals surface area contributed by atoms with Gasteiger partial charge in [0, 0.05) is 37.1 Å². The van der Waals surface area contributed by atoms with Gasteiger partial charge in [-0.25, -0.2) is 9.97 Å². The van der Waals surface area contributed by atoms with E-state index in [1.165, 1.54) is 62.5 Å². The number of hydrogen-bond donors (Lipinski definition) is 3. The van der Waals surface area contributed by atoms with E-state index in [0.717, 1.165) is 53.9 Å². The Labute approximate surface area is 253 Å². The maximum absolute atomic E-state index is 5.64. The maximum atomic E-state index is 5.64. The van der Waals surface area contributed by atoms with Crippen molar-refractivity contribution in [2.45, 2.75) is 77.8 Å². The summed E-state index contributed by atoms with van der Waals surface area (Å²) in [6.07, 6.45) is 12.2. The predicted molar refractivity (Wildman–Crippen MR) is 179 cm³/mol. The Bertz CT molecular complexity index is 1290. The molecular weight excluding hydrogens is 516 g/mol. The molecule has 3 aromatic rings. The average Bonchev–Trinajstić information content (AvgIpc) is 3.37. The lowest BCUT2D eigenvalue weighted by Gasteiger charge is -2.33. The molecule has 6 heteroatoms. The van der Waals surface area contributed by atoms with Gasteiger partial charge in [-0.1, -0.05) is 88.2 Å². The van der Waals surface area contributed by atoms with Crippen LogP contribution in [0, 0.1) is 12.3 Å². The molecular formula is C36H50N6. The van der Waals surface area contributed by atoms with Crippen molar-refractivity contribution < 1.29 is 0 Å². The highest BCUT2D eigenvalue weighted by molar-refractivity contribution is 5.67. The summed E-state index contributed by atoms with van der Waals surface area (Å²) in [5.74, 6) is 1.92. The number of nitrogens with zero attached hydrogens (tertiary/aromatic N) is 3. The lowest BCUT2D eigenvalue weighted by molar-refractivity contribution is 0.214. The second-order valence-corrected chi connectivity index (χ2v) is 12.0. The topological polar surface area (TPSA) is 79.1 Å². The lowest BCUT2D eigenvalue weighted by Crippen LogP contribution is -2.37. The molecule has 224 valence electrons. The average molecular weight is 567 g/mol. The largest absolute Gasteiger partial charge is 0.399 e. The van der Waals surface area contributed by atoms with E-state index in [1.54, 1.807) is 0 Å². The fourth-order valence-electron chi connectivity index (χ4n) is 6.33. The van der Waals surface area contributed by atoms with Gasteiger partial charge in [0.1, 0.15) is 11.6 Å². The van der Waals surface area contributed by atoms with Crippen LogP contribution in [0.1, 0.15) is 75.4 Å². The van der Waals surface area contributed by atoms with Crippen molar-refractivity contribution in [3.8, 4) is 11.1 Å². The Morgan fingerprint density at radius 1 is 1.05 bits per heavy atom. The summed E-state index contributed by atoms with van der Waals surface area (Å²) < 4.78 is 0. The number of aryl methyl sites for hydroxylation is 1. The quantitative estimate of drug-likeness (QED) is 0.174. The van der Waals surface area contributed by atoms with E-state index in [2.05, 4.69) is 70.9 Å². The Kier molecular flexibility index (Phi) is 11.2. The Morgan fingerprint density at radius 2 is 1.71 bits per heavy atom. The molecule has 1 saturated carbocycles. The van der Waals surface area contributed by atoms with E-state index in [0.29, 0.717) is 11.5 Å². The third-order valence-electron chi connectivity index (χ3n) is 8.63. The van der Waals surface area contributed by atoms with E-state index >= 15 is 0 Å². The minimum atomic E-state index is 0.330. The molecule has 2 fully saturated rings. The van der Waals surface area contributed by atoms with Crippen molar-refractivity contribution >= 4 is 17.6 Å². The zero-order valence-electron chi connectivity index (χ0n) is 26.0. The molecule has 2 heterocycles. The smallest absolute Gasteiger partial charge is 0.133 e. The van der Waals surface area contributed by atoms with Crippen LogP contribution in [-0.4, -0.2) is 36.1 Å². The minimum Gasteiger partial charge on any atom is -0.399 e. The first-order valence-electron chi connectivity index (χ1n) is 15.6. The highest BCUT2D eigenvalue weighted by Gasteiger charge is 2.45. The summed E-state index contributed by atoms with van der Waals surface area (Å²) >= 11 is 0. The molecule has 1 aliphatic carbocycles. The van der Waals surface area contributed by atoms with Crippen LogP contribution < -0.4 is 21.3 Å². The van der Waals surface area contributed by atoms with Gasteiger partial charge in [0.05, 0.1) is 11.7 Å². The van der Waals surface area contributed by atoms with Crippen LogP contribution in [0.2, 0.25) is 0 Å². The van der Waals surface area contributed by atoms with Gasteiger partial charge >= 0.3 is 0 Å². The Morgan fingerprint density at radius 3 is 2.33 bits per heavy atom. The lowest BCUT2D eigenvalue weighted by atomic mass is 9.72. The molecule has 4 N–H and O–H groups in total. The highest BCUT2D eigenvalue weighted by Crippen LogP contribution is 2.48. The zero-order valence-corrected chi connectivity index (χ0v) is 26.0. The van der Waals surface area contributed by atoms with Crippen LogP contribution in [0.4, 0.5) is 11.5 Å². The van der Waals surface area contributed by atoms with Crippen molar-refractivity contribution in [2.75, 3.05) is 30.8 Å². The molecule has 1 aromatic heterocycles. The summed E-state index contributed by atoms with van der Waals surface area (Å²) in [5.41, 5.74) is 12.6. The molecule has 42 heavy (non-hydrogen) atoms. The Hall–Kier alpha value is -3.64. The van der Waals surface area contributed by atoms with Crippen LogP contribution in [0.15, 0.2) is 73.5 Å². The summed E-state index contributed by atoms with van der Waals surface area (Å²) in [5, 5.41) is 6.83. The molecule has 5 rings (SSSR count). The van der Waals surface area contributed by atoms with E-state index in [4.69, 9.17) is 10.7 Å². The van der Waals surface area contributed by atoms with Crippen molar-refractivity contribution in [1.82, 2.24) is 20.6 Å². The van der Waals surface area contributed by atoms with E-state index in [9.17, 15) is 0 Å². The number of benzene rings is 2. The Balaban J connectivity index is 0.000000227. The molecule has 1 saturated heterocycles. The maximum Gasteiger partial charge on any atom is 0.133 e. The van der Waals surface area contributed by atoms with Crippen molar-refractivity contribution in [3.63, 3.8) is 0 Å². The summed E-state index contributed by atoms with van der Waals surface area (Å²) in [6, 6.07) is 18.7. The van der Waals surface area contributed by atoms with Crippen LogP contribution in [0.25, 0.3) is 17.2 Å². The molecule has 0 radical (unpaired) electrons. The van der Waals surface area contributed by atoms with Crippen LogP contribution in [0.3, 0.4) is 0 Å². The number of nitrogens with two attached hydrogens (primary N) is 1. The van der Waals surface area contributed by atoms with Crippen molar-refractivity contribution in [1.29, 1.82) is 0 Å². The number of anilines is 2. The third-order valence-corrected chi connectivity index (χ3v) is 8.63. The van der Waals surface area contributed by atoms with E-state index in [-0.39, 0.29) is 0 Å². The molecule has 1 atom stereocenters. The van der Waals surface area contributed by atoms with Crippen molar-refractivity contribution in [2.24, 2.45) is 5.41 Å². The SMILES string of the molecule is C=C(NCCCC)C1CC2(CCCCC2)CN1c1cc(CNC)nc(C)n1.C=Cc1ccc(-c2ccc(N)cc2)cc1. The molecule has 2 aromatic carbocycles. The van der Waals surface area contributed by atoms with Crippen molar-refractivity contribution in [3.05, 3.63) is 90.5 Å². The first kappa shape index (κ1) is 31.3. The first-order valence-corrected chi connectivity index (χ1v) is 15.6. The number of aromatic nitrogens is 2. The second-order valence-electron chi connectivity index (χ2n) is 12.0. The summed E-state index contributed by atoms with van der Waals surface area (Å²) in [6.45, 7) is 15.3. The van der Waals surface area contributed by atoms with Gasteiger partial charge in [0.2, 0.25) is 0 Å². The van der Waals surface area contributed by atoms with Crippen LogP contribution in [-0.2, 0) is 6.54 Å². The molecule has 1 aliphatic heterocycles. The van der Waals surface area contributed by atoms with E-state index in [1.807, 2.05) is 44.3 Å². The molecule has 0 bridgehead atoms. The normalized spacial score (nSPS) is 17.4. The molecule has 0 amide bonds. The fraction of sp³-hybridized carbons (Fsp3) is 0.444. The van der Waals surface area contributed by atoms with Gasteiger partial charge in [-0.15, -0.1) is 0 Å². The number of nitrogens with one attached hydrogen (secondary N) is 2. The fourth-order valence-corrected chi connectivity index (χ4v) is 6.33. The molecule has 6 nitrogen and oxygen atoms in total. The molecule has 2 aliphatic rings. The van der Waals surface area contributed by atoms with Gasteiger partial charge in [0.25, 0.3) is 0 Å². The predicted octanol–water partition coefficient (Wildman–Crippen LogP) is 7.52. The monoisotopic (exact) mass is 566 g/mol. The zero-order chi connectivity index (χ0) is 30.0. The molecule has 1 spiro atoms.